The molecule has 0 saturated carbocycles. The number of nitrogen functional groups attached to an aromatic ring is 2. The van der Waals surface area contributed by atoms with Gasteiger partial charge in [0.05, 0.1) is 0 Å². The van der Waals surface area contributed by atoms with Crippen molar-refractivity contribution in [1.29, 1.82) is 0 Å². The van der Waals surface area contributed by atoms with E-state index in [1.54, 1.807) is 6.07 Å². The van der Waals surface area contributed by atoms with Gasteiger partial charge in [-0.15, -0.1) is 12.3 Å². The van der Waals surface area contributed by atoms with Crippen LogP contribution in [0.25, 0.3) is 0 Å². The Balaban J connectivity index is 2.72. The van der Waals surface area contributed by atoms with Gasteiger partial charge in [0.25, 0.3) is 0 Å². The fraction of sp³-hybridized carbons (Fsp3) is 0.333. The number of rotatable bonds is 3. The van der Waals surface area contributed by atoms with E-state index in [1.807, 2.05) is 6.92 Å². The molecule has 0 aliphatic carbocycles. The summed E-state index contributed by atoms with van der Waals surface area (Å²) >= 11 is 0. The molecule has 74 valence electrons. The third kappa shape index (κ3) is 2.83. The summed E-state index contributed by atoms with van der Waals surface area (Å²) in [6.07, 6.45) is 5.79. The van der Waals surface area contributed by atoms with Crippen LogP contribution in [-0.4, -0.2) is 16.0 Å². The van der Waals surface area contributed by atoms with Crippen molar-refractivity contribution in [3.8, 4) is 12.3 Å². The Morgan fingerprint density at radius 3 is 2.86 bits per heavy atom. The molecule has 14 heavy (non-hydrogen) atoms. The normalized spacial score (nSPS) is 11.7. The zero-order valence-electron chi connectivity index (χ0n) is 7.99. The van der Waals surface area contributed by atoms with Crippen LogP contribution < -0.4 is 16.8 Å². The van der Waals surface area contributed by atoms with Crippen molar-refractivity contribution in [1.82, 2.24) is 9.97 Å². The Morgan fingerprint density at radius 2 is 2.29 bits per heavy atom. The number of nitrogens with two attached hydrogens (primary N) is 2. The van der Waals surface area contributed by atoms with Crippen molar-refractivity contribution in [3.63, 3.8) is 0 Å². The molecule has 0 aliphatic heterocycles. The predicted octanol–water partition coefficient (Wildman–Crippen LogP) is 0.465. The summed E-state index contributed by atoms with van der Waals surface area (Å²) in [6.45, 7) is 1.95. The third-order valence-corrected chi connectivity index (χ3v) is 1.58. The fourth-order valence-electron chi connectivity index (χ4n) is 1.04. The molecule has 5 N–H and O–H groups in total. The molecular weight excluding hydrogens is 178 g/mol. The highest BCUT2D eigenvalue weighted by molar-refractivity contribution is 5.48. The number of anilines is 3. The van der Waals surface area contributed by atoms with Crippen LogP contribution in [0.2, 0.25) is 0 Å². The number of terminal acetylenes is 1. The first-order valence-corrected chi connectivity index (χ1v) is 4.22. The van der Waals surface area contributed by atoms with Gasteiger partial charge in [0.2, 0.25) is 5.95 Å². The summed E-state index contributed by atoms with van der Waals surface area (Å²) in [7, 11) is 0. The van der Waals surface area contributed by atoms with Crippen LogP contribution in [0.5, 0.6) is 0 Å². The number of nitrogens with zero attached hydrogens (tertiary/aromatic N) is 2. The zero-order chi connectivity index (χ0) is 10.6. The highest BCUT2D eigenvalue weighted by Gasteiger charge is 2.03. The first kappa shape index (κ1) is 10.1. The summed E-state index contributed by atoms with van der Waals surface area (Å²) in [5.74, 6) is 3.64. The van der Waals surface area contributed by atoms with Gasteiger partial charge in [-0.1, -0.05) is 0 Å². The summed E-state index contributed by atoms with van der Waals surface area (Å²) in [5.41, 5.74) is 10.9. The molecule has 0 fully saturated rings. The Bertz CT molecular complexity index is 334. The van der Waals surface area contributed by atoms with E-state index in [0.29, 0.717) is 18.1 Å². The predicted molar refractivity (Wildman–Crippen MR) is 57.4 cm³/mol. The molecule has 1 atom stereocenters. The first-order valence-electron chi connectivity index (χ1n) is 4.22. The second kappa shape index (κ2) is 4.33. The standard InChI is InChI=1S/C9H13N5/c1-3-4-6(2)12-8-5-7(10)13-9(11)14-8/h1,5-6H,4H2,2H3,(H5,10,11,12,13,14). The second-order valence-electron chi connectivity index (χ2n) is 2.99. The molecular formula is C9H13N5. The van der Waals surface area contributed by atoms with Crippen molar-refractivity contribution < 1.29 is 0 Å². The van der Waals surface area contributed by atoms with Crippen molar-refractivity contribution in [2.24, 2.45) is 0 Å². The average molecular weight is 191 g/mol. The van der Waals surface area contributed by atoms with E-state index in [1.165, 1.54) is 0 Å². The minimum absolute atomic E-state index is 0.133. The van der Waals surface area contributed by atoms with Gasteiger partial charge in [-0.25, -0.2) is 0 Å². The molecule has 1 aromatic rings. The molecule has 0 aliphatic rings. The molecule has 1 rings (SSSR count). The molecule has 1 aromatic heterocycles. The fourth-order valence-corrected chi connectivity index (χ4v) is 1.04. The van der Waals surface area contributed by atoms with E-state index in [-0.39, 0.29) is 12.0 Å². The van der Waals surface area contributed by atoms with Gasteiger partial charge in [-0.2, -0.15) is 9.97 Å². The summed E-state index contributed by atoms with van der Waals surface area (Å²) in [4.78, 5) is 7.71. The SMILES string of the molecule is C#CCC(C)Nc1cc(N)nc(N)n1. The lowest BCUT2D eigenvalue weighted by molar-refractivity contribution is 0.821. The lowest BCUT2D eigenvalue weighted by atomic mass is 10.2. The smallest absolute Gasteiger partial charge is 0.223 e. The van der Waals surface area contributed by atoms with Crippen molar-refractivity contribution >= 4 is 17.6 Å². The summed E-state index contributed by atoms with van der Waals surface area (Å²) < 4.78 is 0. The Kier molecular flexibility index (Phi) is 3.13. The number of aromatic nitrogens is 2. The van der Waals surface area contributed by atoms with Crippen LogP contribution in [0.4, 0.5) is 17.6 Å². The summed E-state index contributed by atoms with van der Waals surface area (Å²) in [5, 5.41) is 3.07. The van der Waals surface area contributed by atoms with E-state index in [9.17, 15) is 0 Å². The van der Waals surface area contributed by atoms with Crippen LogP contribution in [0.15, 0.2) is 6.07 Å². The Labute approximate surface area is 82.9 Å². The lowest BCUT2D eigenvalue weighted by Gasteiger charge is -2.11. The highest BCUT2D eigenvalue weighted by Crippen LogP contribution is 2.10. The van der Waals surface area contributed by atoms with E-state index in [4.69, 9.17) is 17.9 Å². The van der Waals surface area contributed by atoms with Crippen LogP contribution in [0, 0.1) is 12.3 Å². The number of nitrogens with one attached hydrogen (secondary N) is 1. The number of hydrogen-bond donors (Lipinski definition) is 3. The molecule has 1 unspecified atom stereocenters. The van der Waals surface area contributed by atoms with Gasteiger partial charge in [0.1, 0.15) is 11.6 Å². The van der Waals surface area contributed by atoms with Gasteiger partial charge in [-0.3, -0.25) is 0 Å². The van der Waals surface area contributed by atoms with Gasteiger partial charge < -0.3 is 16.8 Å². The van der Waals surface area contributed by atoms with Crippen LogP contribution >= 0.6 is 0 Å². The molecule has 0 radical (unpaired) electrons. The van der Waals surface area contributed by atoms with Crippen molar-refractivity contribution in [2.75, 3.05) is 16.8 Å². The molecule has 0 aromatic carbocycles. The third-order valence-electron chi connectivity index (χ3n) is 1.58. The van der Waals surface area contributed by atoms with Crippen LogP contribution in [0.3, 0.4) is 0 Å². The maximum Gasteiger partial charge on any atom is 0.223 e. The monoisotopic (exact) mass is 191 g/mol. The van der Waals surface area contributed by atoms with Gasteiger partial charge in [0.15, 0.2) is 0 Å². The lowest BCUT2D eigenvalue weighted by Crippen LogP contribution is -2.16. The molecule has 1 heterocycles. The molecule has 0 spiro atoms. The van der Waals surface area contributed by atoms with Crippen LogP contribution in [-0.2, 0) is 0 Å². The average Bonchev–Trinajstić information content (AvgIpc) is 2.01. The van der Waals surface area contributed by atoms with E-state index >= 15 is 0 Å². The summed E-state index contributed by atoms with van der Waals surface area (Å²) in [6, 6.07) is 1.75. The Morgan fingerprint density at radius 1 is 1.57 bits per heavy atom. The van der Waals surface area contributed by atoms with Gasteiger partial charge in [-0.05, 0) is 6.92 Å². The highest BCUT2D eigenvalue weighted by atomic mass is 15.1. The molecule has 0 bridgehead atoms. The van der Waals surface area contributed by atoms with Crippen LogP contribution in [0.1, 0.15) is 13.3 Å². The Hall–Kier alpha value is -1.96. The maximum absolute atomic E-state index is 5.50. The minimum Gasteiger partial charge on any atom is -0.383 e. The maximum atomic E-state index is 5.50. The minimum atomic E-state index is 0.133. The zero-order valence-corrected chi connectivity index (χ0v) is 7.99. The van der Waals surface area contributed by atoms with E-state index in [2.05, 4.69) is 21.2 Å². The van der Waals surface area contributed by atoms with Crippen molar-refractivity contribution in [3.05, 3.63) is 6.07 Å². The topological polar surface area (TPSA) is 89.8 Å². The number of hydrogen-bond acceptors (Lipinski definition) is 5. The molecule has 0 saturated heterocycles. The quantitative estimate of drug-likeness (QED) is 0.604. The van der Waals surface area contributed by atoms with Gasteiger partial charge in [0, 0.05) is 18.5 Å². The largest absolute Gasteiger partial charge is 0.383 e. The van der Waals surface area contributed by atoms with Crippen molar-refractivity contribution in [2.45, 2.75) is 19.4 Å². The molecule has 5 heteroatoms. The molecule has 0 amide bonds. The second-order valence-corrected chi connectivity index (χ2v) is 2.99. The van der Waals surface area contributed by atoms with E-state index < -0.39 is 0 Å². The molecule has 5 nitrogen and oxygen atoms in total. The first-order chi connectivity index (χ1) is 6.61. The van der Waals surface area contributed by atoms with Gasteiger partial charge >= 0.3 is 0 Å². The van der Waals surface area contributed by atoms with E-state index in [0.717, 1.165) is 0 Å².